The van der Waals surface area contributed by atoms with Crippen LogP contribution in [0.1, 0.15) is 27.7 Å². The van der Waals surface area contributed by atoms with E-state index < -0.39 is 0 Å². The molecule has 1 amide bonds. The van der Waals surface area contributed by atoms with Gasteiger partial charge < -0.3 is 10.6 Å². The quantitative estimate of drug-likeness (QED) is 0.705. The highest BCUT2D eigenvalue weighted by Crippen LogP contribution is 2.06. The number of hydrogen-bond donors (Lipinski definition) is 1. The van der Waals surface area contributed by atoms with Gasteiger partial charge in [-0.2, -0.15) is 0 Å². The summed E-state index contributed by atoms with van der Waals surface area (Å²) < 4.78 is 0. The molecule has 5 heteroatoms. The van der Waals surface area contributed by atoms with E-state index in [1.807, 2.05) is 44.5 Å². The molecule has 0 aromatic rings. The molecule has 0 radical (unpaired) electrons. The Labute approximate surface area is 104 Å². The molecule has 0 aliphatic heterocycles. The summed E-state index contributed by atoms with van der Waals surface area (Å²) in [5.74, 6) is 0.121. The summed E-state index contributed by atoms with van der Waals surface area (Å²) in [7, 11) is 1.87. The minimum atomic E-state index is -0.198. The highest BCUT2D eigenvalue weighted by Gasteiger charge is 2.26. The average Bonchev–Trinajstić information content (AvgIpc) is 2.27. The van der Waals surface area contributed by atoms with E-state index in [0.717, 1.165) is 13.1 Å². The Kier molecular flexibility index (Phi) is 6.52. The van der Waals surface area contributed by atoms with Gasteiger partial charge in [0.25, 0.3) is 0 Å². The maximum Gasteiger partial charge on any atom is 0.239 e. The molecule has 2 unspecified atom stereocenters. The molecule has 4 nitrogen and oxygen atoms in total. The molecule has 0 saturated heterocycles. The van der Waals surface area contributed by atoms with E-state index >= 15 is 0 Å². The van der Waals surface area contributed by atoms with Crippen molar-refractivity contribution in [2.45, 2.75) is 39.8 Å². The number of likely N-dealkylation sites (N-methyl/N-ethyl adjacent to an activating group) is 2. The monoisotopic (exact) mass is 245 g/mol. The molecule has 0 aliphatic rings. The van der Waals surface area contributed by atoms with Gasteiger partial charge in [0, 0.05) is 13.1 Å². The predicted octanol–water partition coefficient (Wildman–Crippen LogP) is 0.850. The third-order valence-electron chi connectivity index (χ3n) is 3.07. The van der Waals surface area contributed by atoms with E-state index in [1.165, 1.54) is 0 Å². The van der Waals surface area contributed by atoms with Crippen LogP contribution in [0.4, 0.5) is 0 Å². The number of hydrogen-bond acceptors (Lipinski definition) is 3. The molecule has 0 bridgehead atoms. The van der Waals surface area contributed by atoms with Crippen LogP contribution in [-0.4, -0.2) is 52.9 Å². The average molecular weight is 245 g/mol. The molecule has 0 aromatic carbocycles. The molecular weight excluding hydrogens is 222 g/mol. The zero-order valence-electron chi connectivity index (χ0n) is 10.9. The van der Waals surface area contributed by atoms with Crippen LogP contribution >= 0.6 is 12.2 Å². The molecule has 94 valence electrons. The zero-order chi connectivity index (χ0) is 12.9. The Morgan fingerprint density at radius 1 is 1.25 bits per heavy atom. The van der Waals surface area contributed by atoms with Crippen molar-refractivity contribution in [2.24, 2.45) is 5.73 Å². The fourth-order valence-corrected chi connectivity index (χ4v) is 1.68. The summed E-state index contributed by atoms with van der Waals surface area (Å²) in [6, 6.07) is -0.263. The number of amides is 1. The molecule has 0 aromatic heterocycles. The van der Waals surface area contributed by atoms with Crippen molar-refractivity contribution in [1.82, 2.24) is 9.80 Å². The van der Waals surface area contributed by atoms with Crippen LogP contribution in [0.5, 0.6) is 0 Å². The number of thiocarbonyl (C=S) groups is 1. The Morgan fingerprint density at radius 3 is 2.00 bits per heavy atom. The maximum absolute atomic E-state index is 12.1. The van der Waals surface area contributed by atoms with Gasteiger partial charge in [0.1, 0.15) is 0 Å². The molecule has 0 rings (SSSR count). The summed E-state index contributed by atoms with van der Waals surface area (Å²) in [6.45, 7) is 9.21. The maximum atomic E-state index is 12.1. The minimum absolute atomic E-state index is 0.0653. The van der Waals surface area contributed by atoms with Crippen LogP contribution in [0.3, 0.4) is 0 Å². The minimum Gasteiger partial charge on any atom is -0.392 e. The highest BCUT2D eigenvalue weighted by atomic mass is 32.1. The molecule has 0 spiro atoms. The smallest absolute Gasteiger partial charge is 0.239 e. The van der Waals surface area contributed by atoms with Crippen molar-refractivity contribution in [3.05, 3.63) is 0 Å². The van der Waals surface area contributed by atoms with Crippen molar-refractivity contribution in [3.63, 3.8) is 0 Å². The van der Waals surface area contributed by atoms with E-state index in [0.29, 0.717) is 4.99 Å². The van der Waals surface area contributed by atoms with E-state index in [9.17, 15) is 4.79 Å². The topological polar surface area (TPSA) is 49.6 Å². The highest BCUT2D eigenvalue weighted by molar-refractivity contribution is 7.80. The first-order valence-corrected chi connectivity index (χ1v) is 6.07. The summed E-state index contributed by atoms with van der Waals surface area (Å²) in [6.07, 6.45) is 0. The first-order valence-electron chi connectivity index (χ1n) is 5.66. The third kappa shape index (κ3) is 3.72. The lowest BCUT2D eigenvalue weighted by Crippen LogP contribution is -2.51. The molecule has 0 fully saturated rings. The Bertz CT molecular complexity index is 254. The second-order valence-electron chi connectivity index (χ2n) is 3.93. The summed E-state index contributed by atoms with van der Waals surface area (Å²) in [5, 5.41) is 0. The summed E-state index contributed by atoms with van der Waals surface area (Å²) in [5.41, 5.74) is 5.58. The molecule has 0 heterocycles. The van der Waals surface area contributed by atoms with Crippen LogP contribution in [0.25, 0.3) is 0 Å². The molecule has 0 saturated carbocycles. The van der Waals surface area contributed by atoms with Crippen molar-refractivity contribution < 1.29 is 4.79 Å². The fraction of sp³-hybridized carbons (Fsp3) is 0.818. The fourth-order valence-electron chi connectivity index (χ4n) is 1.51. The number of rotatable bonds is 6. The van der Waals surface area contributed by atoms with Crippen LogP contribution in [-0.2, 0) is 4.79 Å². The summed E-state index contributed by atoms with van der Waals surface area (Å²) >= 11 is 4.93. The van der Waals surface area contributed by atoms with Crippen LogP contribution in [0, 0.1) is 0 Å². The molecule has 2 N–H and O–H groups in total. The van der Waals surface area contributed by atoms with Gasteiger partial charge in [-0.1, -0.05) is 12.2 Å². The van der Waals surface area contributed by atoms with E-state index in [2.05, 4.69) is 0 Å². The second kappa shape index (κ2) is 6.81. The van der Waals surface area contributed by atoms with Gasteiger partial charge in [0.2, 0.25) is 5.91 Å². The predicted molar refractivity (Wildman–Crippen MR) is 71.4 cm³/mol. The number of nitrogens with zero attached hydrogens (tertiary/aromatic N) is 2. The largest absolute Gasteiger partial charge is 0.392 e. The standard InChI is InChI=1S/C11H23N3OS/c1-6-14(7-2)11(15)9(4)13(5)8(3)10(12)16/h8-9H,6-7H2,1-5H3,(H2,12,16). The third-order valence-corrected chi connectivity index (χ3v) is 3.41. The van der Waals surface area contributed by atoms with Crippen LogP contribution in [0.15, 0.2) is 0 Å². The van der Waals surface area contributed by atoms with Gasteiger partial charge in [-0.25, -0.2) is 0 Å². The lowest BCUT2D eigenvalue weighted by atomic mass is 10.2. The van der Waals surface area contributed by atoms with Crippen molar-refractivity contribution in [3.8, 4) is 0 Å². The number of nitrogens with two attached hydrogens (primary N) is 1. The van der Waals surface area contributed by atoms with Crippen molar-refractivity contribution >= 4 is 23.1 Å². The Morgan fingerprint density at radius 2 is 1.69 bits per heavy atom. The Balaban J connectivity index is 4.59. The van der Waals surface area contributed by atoms with Crippen molar-refractivity contribution in [2.75, 3.05) is 20.1 Å². The SMILES string of the molecule is CCN(CC)C(=O)C(C)N(C)C(C)C(N)=S. The first kappa shape index (κ1) is 15.3. The van der Waals surface area contributed by atoms with Gasteiger partial charge in [-0.15, -0.1) is 0 Å². The first-order chi connectivity index (χ1) is 7.36. The van der Waals surface area contributed by atoms with Gasteiger partial charge in [-0.05, 0) is 34.7 Å². The summed E-state index contributed by atoms with van der Waals surface area (Å²) in [4.78, 5) is 16.2. The number of carbonyl (C=O) groups excluding carboxylic acids is 1. The van der Waals surface area contributed by atoms with Gasteiger partial charge in [0.05, 0.1) is 17.1 Å². The lowest BCUT2D eigenvalue weighted by Gasteiger charge is -2.32. The normalized spacial score (nSPS) is 14.6. The zero-order valence-corrected chi connectivity index (χ0v) is 11.7. The number of carbonyl (C=O) groups is 1. The second-order valence-corrected chi connectivity index (χ2v) is 4.40. The Hall–Kier alpha value is -0.680. The molecule has 16 heavy (non-hydrogen) atoms. The van der Waals surface area contributed by atoms with Gasteiger partial charge in [0.15, 0.2) is 0 Å². The van der Waals surface area contributed by atoms with Crippen LogP contribution in [0.2, 0.25) is 0 Å². The van der Waals surface area contributed by atoms with E-state index in [4.69, 9.17) is 18.0 Å². The van der Waals surface area contributed by atoms with Gasteiger partial charge in [-0.3, -0.25) is 9.69 Å². The molecule has 2 atom stereocenters. The lowest BCUT2D eigenvalue weighted by molar-refractivity contribution is -0.135. The van der Waals surface area contributed by atoms with Crippen LogP contribution < -0.4 is 5.73 Å². The molecule has 0 aliphatic carbocycles. The van der Waals surface area contributed by atoms with Crippen molar-refractivity contribution in [1.29, 1.82) is 0 Å². The van der Waals surface area contributed by atoms with Gasteiger partial charge >= 0.3 is 0 Å². The van der Waals surface area contributed by atoms with E-state index in [1.54, 1.807) is 0 Å². The van der Waals surface area contributed by atoms with E-state index in [-0.39, 0.29) is 18.0 Å². The molecular formula is C11H23N3OS.